The Morgan fingerprint density at radius 3 is 2.89 bits per heavy atom. The fourth-order valence-corrected chi connectivity index (χ4v) is 2.31. The summed E-state index contributed by atoms with van der Waals surface area (Å²) in [5, 5.41) is 0. The van der Waals surface area contributed by atoms with E-state index in [-0.39, 0.29) is 18.0 Å². The third-order valence-corrected chi connectivity index (χ3v) is 3.49. The van der Waals surface area contributed by atoms with E-state index in [9.17, 15) is 4.39 Å². The topological polar surface area (TPSA) is 38.5 Å². The molecule has 1 aromatic carbocycles. The van der Waals surface area contributed by atoms with Crippen molar-refractivity contribution in [3.05, 3.63) is 35.6 Å². The highest BCUT2D eigenvalue weighted by Crippen LogP contribution is 2.21. The first-order chi connectivity index (χ1) is 8.58. The first kappa shape index (κ1) is 13.5. The van der Waals surface area contributed by atoms with Gasteiger partial charge < -0.3 is 10.5 Å². The average molecular weight is 252 g/mol. The molecule has 0 aliphatic carbocycles. The molecule has 2 rings (SSSR count). The van der Waals surface area contributed by atoms with Crippen molar-refractivity contribution in [2.45, 2.75) is 32.0 Å². The van der Waals surface area contributed by atoms with Crippen LogP contribution in [0.2, 0.25) is 0 Å². The number of nitrogens with two attached hydrogens (primary N) is 1. The Bertz CT molecular complexity index is 397. The van der Waals surface area contributed by atoms with Gasteiger partial charge in [-0.25, -0.2) is 4.39 Å². The third-order valence-electron chi connectivity index (χ3n) is 3.49. The van der Waals surface area contributed by atoms with E-state index >= 15 is 0 Å². The number of halogens is 1. The van der Waals surface area contributed by atoms with Gasteiger partial charge in [0.25, 0.3) is 0 Å². The smallest absolute Gasteiger partial charge is 0.123 e. The highest BCUT2D eigenvalue weighted by Gasteiger charge is 2.28. The Morgan fingerprint density at radius 2 is 2.22 bits per heavy atom. The number of nitrogens with zero attached hydrogens (tertiary/aromatic N) is 1. The molecule has 1 aromatic rings. The molecule has 3 nitrogen and oxygen atoms in total. The normalized spacial score (nSPS) is 23.3. The fourth-order valence-electron chi connectivity index (χ4n) is 2.31. The van der Waals surface area contributed by atoms with Gasteiger partial charge in [0.2, 0.25) is 0 Å². The van der Waals surface area contributed by atoms with E-state index < -0.39 is 0 Å². The second-order valence-corrected chi connectivity index (χ2v) is 5.08. The summed E-state index contributed by atoms with van der Waals surface area (Å²) in [7, 11) is 0. The number of rotatable bonds is 3. The van der Waals surface area contributed by atoms with E-state index in [1.165, 1.54) is 12.1 Å². The van der Waals surface area contributed by atoms with Crippen LogP contribution in [-0.4, -0.2) is 36.7 Å². The van der Waals surface area contributed by atoms with Crippen molar-refractivity contribution < 1.29 is 9.13 Å². The average Bonchev–Trinajstić information content (AvgIpc) is 2.38. The van der Waals surface area contributed by atoms with Gasteiger partial charge in [0, 0.05) is 19.1 Å². The van der Waals surface area contributed by atoms with E-state index in [2.05, 4.69) is 18.7 Å². The molecule has 2 unspecified atom stereocenters. The fraction of sp³-hybridized carbons (Fsp3) is 0.571. The van der Waals surface area contributed by atoms with Crippen molar-refractivity contribution in [3.63, 3.8) is 0 Å². The summed E-state index contributed by atoms with van der Waals surface area (Å²) < 4.78 is 18.9. The molecule has 4 heteroatoms. The van der Waals surface area contributed by atoms with Crippen molar-refractivity contribution in [1.29, 1.82) is 0 Å². The van der Waals surface area contributed by atoms with Crippen LogP contribution in [0.1, 0.15) is 25.5 Å². The van der Waals surface area contributed by atoms with E-state index in [1.54, 1.807) is 6.07 Å². The van der Waals surface area contributed by atoms with Gasteiger partial charge in [-0.2, -0.15) is 0 Å². The first-order valence-electron chi connectivity index (χ1n) is 6.44. The van der Waals surface area contributed by atoms with Gasteiger partial charge in [-0.05, 0) is 31.5 Å². The van der Waals surface area contributed by atoms with Gasteiger partial charge in [0.1, 0.15) is 5.82 Å². The lowest BCUT2D eigenvalue weighted by Gasteiger charge is -2.38. The van der Waals surface area contributed by atoms with Gasteiger partial charge >= 0.3 is 0 Å². The van der Waals surface area contributed by atoms with Crippen molar-refractivity contribution in [3.8, 4) is 0 Å². The van der Waals surface area contributed by atoms with Crippen LogP contribution in [0.5, 0.6) is 0 Å². The molecule has 0 radical (unpaired) electrons. The van der Waals surface area contributed by atoms with Crippen LogP contribution in [0, 0.1) is 5.82 Å². The molecule has 100 valence electrons. The second kappa shape index (κ2) is 5.78. The molecular formula is C14H21FN2O. The monoisotopic (exact) mass is 252 g/mol. The zero-order chi connectivity index (χ0) is 13.1. The van der Waals surface area contributed by atoms with E-state index in [1.807, 2.05) is 6.07 Å². The van der Waals surface area contributed by atoms with Crippen LogP contribution in [0.25, 0.3) is 0 Å². The minimum absolute atomic E-state index is 0.0667. The van der Waals surface area contributed by atoms with E-state index in [4.69, 9.17) is 10.5 Å². The summed E-state index contributed by atoms with van der Waals surface area (Å²) in [6.45, 7) is 6.75. The summed E-state index contributed by atoms with van der Waals surface area (Å²) in [6.07, 6.45) is -0.0667. The molecule has 1 saturated heterocycles. The summed E-state index contributed by atoms with van der Waals surface area (Å²) in [5.74, 6) is -0.250. The SMILES string of the molecule is CC(C)N1CCOC(C(N)c2cccc(F)c2)C1. The number of benzene rings is 1. The standard InChI is InChI=1S/C14H21FN2O/c1-10(2)17-6-7-18-13(9-17)14(16)11-4-3-5-12(15)8-11/h3-5,8,10,13-14H,6-7,9,16H2,1-2H3. The Kier molecular flexibility index (Phi) is 4.32. The molecule has 1 fully saturated rings. The van der Waals surface area contributed by atoms with Crippen molar-refractivity contribution >= 4 is 0 Å². The van der Waals surface area contributed by atoms with Crippen LogP contribution in [-0.2, 0) is 4.74 Å². The van der Waals surface area contributed by atoms with Crippen LogP contribution in [0.4, 0.5) is 4.39 Å². The molecule has 2 atom stereocenters. The molecule has 2 N–H and O–H groups in total. The van der Waals surface area contributed by atoms with E-state index in [0.29, 0.717) is 12.6 Å². The lowest BCUT2D eigenvalue weighted by Crippen LogP contribution is -2.49. The molecule has 1 heterocycles. The molecule has 0 aromatic heterocycles. The molecule has 1 aliphatic rings. The maximum Gasteiger partial charge on any atom is 0.123 e. The Balaban J connectivity index is 2.06. The van der Waals surface area contributed by atoms with Crippen LogP contribution in [0.15, 0.2) is 24.3 Å². The zero-order valence-corrected chi connectivity index (χ0v) is 11.0. The Labute approximate surface area is 108 Å². The van der Waals surface area contributed by atoms with E-state index in [0.717, 1.165) is 18.7 Å². The molecule has 0 amide bonds. The quantitative estimate of drug-likeness (QED) is 0.893. The lowest BCUT2D eigenvalue weighted by atomic mass is 10.0. The number of morpholine rings is 1. The van der Waals surface area contributed by atoms with Crippen LogP contribution in [0.3, 0.4) is 0 Å². The van der Waals surface area contributed by atoms with Gasteiger partial charge in [-0.3, -0.25) is 4.90 Å². The number of ether oxygens (including phenoxy) is 1. The summed E-state index contributed by atoms with van der Waals surface area (Å²) in [6, 6.07) is 6.66. The second-order valence-electron chi connectivity index (χ2n) is 5.08. The number of hydrogen-bond donors (Lipinski definition) is 1. The molecule has 18 heavy (non-hydrogen) atoms. The van der Waals surface area contributed by atoms with Crippen molar-refractivity contribution in [2.75, 3.05) is 19.7 Å². The maximum absolute atomic E-state index is 13.2. The van der Waals surface area contributed by atoms with Crippen LogP contribution < -0.4 is 5.73 Å². The van der Waals surface area contributed by atoms with Crippen molar-refractivity contribution in [2.24, 2.45) is 5.73 Å². The van der Waals surface area contributed by atoms with Gasteiger partial charge in [-0.15, -0.1) is 0 Å². The van der Waals surface area contributed by atoms with Gasteiger partial charge in [-0.1, -0.05) is 12.1 Å². The minimum Gasteiger partial charge on any atom is -0.374 e. The Hall–Kier alpha value is -0.970. The minimum atomic E-state index is -0.276. The van der Waals surface area contributed by atoms with Gasteiger partial charge in [0.05, 0.1) is 18.8 Å². The summed E-state index contributed by atoms with van der Waals surface area (Å²) in [4.78, 5) is 2.34. The molecule has 1 aliphatic heterocycles. The molecule has 0 bridgehead atoms. The largest absolute Gasteiger partial charge is 0.374 e. The van der Waals surface area contributed by atoms with Crippen LogP contribution >= 0.6 is 0 Å². The zero-order valence-electron chi connectivity index (χ0n) is 11.0. The Morgan fingerprint density at radius 1 is 1.44 bits per heavy atom. The third kappa shape index (κ3) is 3.07. The summed E-state index contributed by atoms with van der Waals surface area (Å²) >= 11 is 0. The lowest BCUT2D eigenvalue weighted by molar-refractivity contribution is -0.0502. The predicted molar refractivity (Wildman–Crippen MR) is 69.8 cm³/mol. The molecule has 0 saturated carbocycles. The van der Waals surface area contributed by atoms with Crippen molar-refractivity contribution in [1.82, 2.24) is 4.90 Å². The summed E-state index contributed by atoms with van der Waals surface area (Å²) in [5.41, 5.74) is 6.98. The highest BCUT2D eigenvalue weighted by molar-refractivity contribution is 5.21. The molecule has 0 spiro atoms. The number of hydrogen-bond acceptors (Lipinski definition) is 3. The maximum atomic E-state index is 13.2. The highest BCUT2D eigenvalue weighted by atomic mass is 19.1. The van der Waals surface area contributed by atoms with Gasteiger partial charge in [0.15, 0.2) is 0 Å². The molecular weight excluding hydrogens is 231 g/mol. The predicted octanol–water partition coefficient (Wildman–Crippen LogP) is 1.93. The first-order valence-corrected chi connectivity index (χ1v) is 6.44.